The number of carboxylic acid groups (broad SMARTS) is 1. The molecule has 0 bridgehead atoms. The fourth-order valence-electron chi connectivity index (χ4n) is 2.35. The first-order valence-corrected chi connectivity index (χ1v) is 6.56. The summed E-state index contributed by atoms with van der Waals surface area (Å²) in [5.41, 5.74) is 1.20. The van der Waals surface area contributed by atoms with Gasteiger partial charge in [-0.1, -0.05) is 0 Å². The number of aryl methyl sites for hydroxylation is 1. The van der Waals surface area contributed by atoms with E-state index in [1.54, 1.807) is 17.0 Å². The van der Waals surface area contributed by atoms with Crippen LogP contribution in [0, 0.1) is 12.8 Å². The molecular formula is C14H18N2O4. The Morgan fingerprint density at radius 1 is 1.35 bits per heavy atom. The van der Waals surface area contributed by atoms with Gasteiger partial charge < -0.3 is 14.7 Å². The molecule has 0 unspecified atom stereocenters. The number of carboxylic acids is 1. The van der Waals surface area contributed by atoms with E-state index < -0.39 is 5.97 Å². The number of likely N-dealkylation sites (tertiary alicyclic amines) is 1. The molecule has 1 N–H and O–H groups in total. The molecule has 1 aliphatic heterocycles. The summed E-state index contributed by atoms with van der Waals surface area (Å²) in [7, 11) is 1.48. The molecule has 0 atom stereocenters. The third-order valence-electron chi connectivity index (χ3n) is 3.55. The first-order chi connectivity index (χ1) is 9.52. The van der Waals surface area contributed by atoms with Crippen molar-refractivity contribution in [3.8, 4) is 5.88 Å². The van der Waals surface area contributed by atoms with Crippen LogP contribution in [-0.2, 0) is 4.79 Å². The summed E-state index contributed by atoms with van der Waals surface area (Å²) in [4.78, 5) is 29.2. The largest absolute Gasteiger partial charge is 0.481 e. The van der Waals surface area contributed by atoms with Gasteiger partial charge in [0.05, 0.1) is 13.0 Å². The van der Waals surface area contributed by atoms with Crippen molar-refractivity contribution >= 4 is 11.9 Å². The number of ether oxygens (including phenoxy) is 1. The highest BCUT2D eigenvalue weighted by molar-refractivity contribution is 5.96. The second kappa shape index (κ2) is 5.90. The molecule has 0 saturated carbocycles. The summed E-state index contributed by atoms with van der Waals surface area (Å²) in [5, 5.41) is 8.96. The van der Waals surface area contributed by atoms with E-state index in [0.717, 1.165) is 5.69 Å². The van der Waals surface area contributed by atoms with Gasteiger partial charge in [0.1, 0.15) is 5.56 Å². The van der Waals surface area contributed by atoms with Crippen LogP contribution in [0.3, 0.4) is 0 Å². The molecule has 6 heteroatoms. The minimum Gasteiger partial charge on any atom is -0.481 e. The maximum Gasteiger partial charge on any atom is 0.306 e. The number of pyridine rings is 1. The standard InChI is InChI=1S/C14H18N2O4/c1-9-3-4-11(12(15-9)20-2)13(17)16-7-5-10(6-8-16)14(18)19/h3-4,10H,5-8H2,1-2H3,(H,18,19). The Morgan fingerprint density at radius 2 is 2.00 bits per heavy atom. The highest BCUT2D eigenvalue weighted by Crippen LogP contribution is 2.22. The molecule has 2 rings (SSSR count). The zero-order valence-electron chi connectivity index (χ0n) is 11.6. The van der Waals surface area contributed by atoms with Gasteiger partial charge in [0.2, 0.25) is 5.88 Å². The maximum absolute atomic E-state index is 12.4. The van der Waals surface area contributed by atoms with Gasteiger partial charge in [-0.2, -0.15) is 0 Å². The lowest BCUT2D eigenvalue weighted by Crippen LogP contribution is -2.40. The molecule has 6 nitrogen and oxygen atoms in total. The average Bonchev–Trinajstić information content (AvgIpc) is 2.46. The van der Waals surface area contributed by atoms with Gasteiger partial charge in [-0.05, 0) is 31.9 Å². The third kappa shape index (κ3) is 2.89. The smallest absolute Gasteiger partial charge is 0.306 e. The molecule has 2 heterocycles. The molecule has 0 radical (unpaired) electrons. The summed E-state index contributed by atoms with van der Waals surface area (Å²) >= 11 is 0. The number of carbonyl (C=O) groups is 2. The van der Waals surface area contributed by atoms with Crippen LogP contribution in [0.5, 0.6) is 5.88 Å². The molecule has 1 aromatic heterocycles. The Morgan fingerprint density at radius 3 is 2.55 bits per heavy atom. The molecular weight excluding hydrogens is 260 g/mol. The molecule has 1 fully saturated rings. The van der Waals surface area contributed by atoms with Crippen LogP contribution >= 0.6 is 0 Å². The number of aromatic nitrogens is 1. The van der Waals surface area contributed by atoms with E-state index in [-0.39, 0.29) is 11.8 Å². The molecule has 1 aromatic rings. The van der Waals surface area contributed by atoms with Crippen LogP contribution in [0.25, 0.3) is 0 Å². The number of hydrogen-bond acceptors (Lipinski definition) is 4. The van der Waals surface area contributed by atoms with E-state index in [1.807, 2.05) is 6.92 Å². The van der Waals surface area contributed by atoms with Gasteiger partial charge in [0, 0.05) is 18.8 Å². The lowest BCUT2D eigenvalue weighted by Gasteiger charge is -2.30. The van der Waals surface area contributed by atoms with Crippen molar-refractivity contribution in [2.24, 2.45) is 5.92 Å². The number of piperidine rings is 1. The molecule has 0 spiro atoms. The van der Waals surface area contributed by atoms with Crippen LogP contribution in [0.1, 0.15) is 28.9 Å². The fraction of sp³-hybridized carbons (Fsp3) is 0.500. The van der Waals surface area contributed by atoms with Crippen molar-refractivity contribution in [2.75, 3.05) is 20.2 Å². The summed E-state index contributed by atoms with van der Waals surface area (Å²) < 4.78 is 5.14. The monoisotopic (exact) mass is 278 g/mol. The van der Waals surface area contributed by atoms with Crippen LogP contribution in [0.2, 0.25) is 0 Å². The second-order valence-corrected chi connectivity index (χ2v) is 4.91. The van der Waals surface area contributed by atoms with E-state index in [0.29, 0.717) is 37.4 Å². The van der Waals surface area contributed by atoms with Gasteiger partial charge in [0.15, 0.2) is 0 Å². The lowest BCUT2D eigenvalue weighted by atomic mass is 9.96. The second-order valence-electron chi connectivity index (χ2n) is 4.91. The minimum absolute atomic E-state index is 0.154. The zero-order valence-corrected chi connectivity index (χ0v) is 11.6. The number of carbonyl (C=O) groups excluding carboxylic acids is 1. The van der Waals surface area contributed by atoms with Gasteiger partial charge >= 0.3 is 5.97 Å². The Balaban J connectivity index is 2.11. The number of hydrogen-bond donors (Lipinski definition) is 1. The predicted molar refractivity (Wildman–Crippen MR) is 71.8 cm³/mol. The number of rotatable bonds is 3. The average molecular weight is 278 g/mol. The quantitative estimate of drug-likeness (QED) is 0.902. The van der Waals surface area contributed by atoms with Crippen LogP contribution < -0.4 is 4.74 Å². The summed E-state index contributed by atoms with van der Waals surface area (Å²) in [5.74, 6) is -0.975. The summed E-state index contributed by atoms with van der Waals surface area (Å²) in [6, 6.07) is 3.46. The van der Waals surface area contributed by atoms with E-state index in [9.17, 15) is 9.59 Å². The maximum atomic E-state index is 12.4. The van der Waals surface area contributed by atoms with E-state index in [4.69, 9.17) is 9.84 Å². The molecule has 1 amide bonds. The van der Waals surface area contributed by atoms with Crippen molar-refractivity contribution in [2.45, 2.75) is 19.8 Å². The molecule has 1 aliphatic rings. The van der Waals surface area contributed by atoms with Crippen molar-refractivity contribution in [3.05, 3.63) is 23.4 Å². The molecule has 108 valence electrons. The van der Waals surface area contributed by atoms with Gasteiger partial charge in [0.25, 0.3) is 5.91 Å². The Labute approximate surface area is 117 Å². The highest BCUT2D eigenvalue weighted by Gasteiger charge is 2.28. The summed E-state index contributed by atoms with van der Waals surface area (Å²) in [6.07, 6.45) is 0.978. The fourth-order valence-corrected chi connectivity index (χ4v) is 2.35. The van der Waals surface area contributed by atoms with Crippen LogP contribution in [-0.4, -0.2) is 47.1 Å². The van der Waals surface area contributed by atoms with Crippen LogP contribution in [0.15, 0.2) is 12.1 Å². The van der Waals surface area contributed by atoms with Crippen LogP contribution in [0.4, 0.5) is 0 Å². The minimum atomic E-state index is -0.785. The van der Waals surface area contributed by atoms with Crippen molar-refractivity contribution in [3.63, 3.8) is 0 Å². The zero-order chi connectivity index (χ0) is 14.7. The van der Waals surface area contributed by atoms with Gasteiger partial charge in [-0.15, -0.1) is 0 Å². The van der Waals surface area contributed by atoms with Crippen molar-refractivity contribution in [1.29, 1.82) is 0 Å². The first kappa shape index (κ1) is 14.3. The third-order valence-corrected chi connectivity index (χ3v) is 3.55. The molecule has 1 saturated heterocycles. The Kier molecular flexibility index (Phi) is 4.22. The normalized spacial score (nSPS) is 16.0. The van der Waals surface area contributed by atoms with E-state index in [2.05, 4.69) is 4.98 Å². The van der Waals surface area contributed by atoms with Gasteiger partial charge in [-0.25, -0.2) is 4.98 Å². The van der Waals surface area contributed by atoms with Crippen molar-refractivity contribution < 1.29 is 19.4 Å². The molecule has 0 aromatic carbocycles. The van der Waals surface area contributed by atoms with Crippen molar-refractivity contribution in [1.82, 2.24) is 9.88 Å². The SMILES string of the molecule is COc1nc(C)ccc1C(=O)N1CCC(C(=O)O)CC1. The van der Waals surface area contributed by atoms with E-state index >= 15 is 0 Å². The predicted octanol–water partition coefficient (Wildman–Crippen LogP) is 1.34. The lowest BCUT2D eigenvalue weighted by molar-refractivity contribution is -0.143. The number of aliphatic carboxylic acids is 1. The number of nitrogens with zero attached hydrogens (tertiary/aromatic N) is 2. The Bertz CT molecular complexity index is 522. The summed E-state index contributed by atoms with van der Waals surface area (Å²) in [6.45, 7) is 2.73. The highest BCUT2D eigenvalue weighted by atomic mass is 16.5. The van der Waals surface area contributed by atoms with Gasteiger partial charge in [-0.3, -0.25) is 9.59 Å². The molecule has 20 heavy (non-hydrogen) atoms. The topological polar surface area (TPSA) is 79.7 Å². The number of methoxy groups -OCH3 is 1. The number of amides is 1. The first-order valence-electron chi connectivity index (χ1n) is 6.56. The Hall–Kier alpha value is -2.11. The molecule has 0 aliphatic carbocycles. The van der Waals surface area contributed by atoms with E-state index in [1.165, 1.54) is 7.11 Å².